The van der Waals surface area contributed by atoms with E-state index in [1.54, 1.807) is 0 Å². The lowest BCUT2D eigenvalue weighted by Crippen LogP contribution is -2.34. The van der Waals surface area contributed by atoms with Crippen LogP contribution in [0.3, 0.4) is 0 Å². The van der Waals surface area contributed by atoms with Crippen LogP contribution in [0, 0.1) is 6.92 Å². The molecule has 0 unspecified atom stereocenters. The van der Waals surface area contributed by atoms with Crippen LogP contribution in [0.5, 0.6) is 0 Å². The summed E-state index contributed by atoms with van der Waals surface area (Å²) < 4.78 is 0. The fourth-order valence-electron chi connectivity index (χ4n) is 2.66. The van der Waals surface area contributed by atoms with Crippen LogP contribution in [0.15, 0.2) is 18.2 Å². The molecule has 1 aromatic rings. The van der Waals surface area contributed by atoms with Crippen molar-refractivity contribution in [1.82, 2.24) is 9.88 Å². The van der Waals surface area contributed by atoms with E-state index >= 15 is 0 Å². The molecule has 3 heteroatoms. The molecule has 0 aromatic carbocycles. The van der Waals surface area contributed by atoms with Gasteiger partial charge in [0.25, 0.3) is 0 Å². The molecule has 1 aromatic heterocycles. The van der Waals surface area contributed by atoms with E-state index in [1.165, 1.54) is 31.4 Å². The van der Waals surface area contributed by atoms with E-state index in [9.17, 15) is 0 Å². The van der Waals surface area contributed by atoms with Gasteiger partial charge in [0.15, 0.2) is 0 Å². The summed E-state index contributed by atoms with van der Waals surface area (Å²) in [5.74, 6) is 0. The predicted octanol–water partition coefficient (Wildman–Crippen LogP) is 3.53. The molecule has 0 saturated heterocycles. The van der Waals surface area contributed by atoms with Crippen molar-refractivity contribution < 1.29 is 0 Å². The third-order valence-corrected chi connectivity index (χ3v) is 3.88. The Balaban J connectivity index is 2.01. The summed E-state index contributed by atoms with van der Waals surface area (Å²) in [7, 11) is 0. The molecule has 94 valence electrons. The molecule has 1 saturated carbocycles. The highest BCUT2D eigenvalue weighted by molar-refractivity contribution is 9.09. The second-order valence-corrected chi connectivity index (χ2v) is 5.66. The number of aromatic nitrogens is 1. The summed E-state index contributed by atoms with van der Waals surface area (Å²) in [4.78, 5) is 7.20. The Labute approximate surface area is 113 Å². The summed E-state index contributed by atoms with van der Waals surface area (Å²) in [6.45, 7) is 4.19. The predicted molar refractivity (Wildman–Crippen MR) is 75.4 cm³/mol. The molecule has 0 N–H and O–H groups in total. The van der Waals surface area contributed by atoms with Crippen LogP contribution in [0.1, 0.15) is 37.1 Å². The van der Waals surface area contributed by atoms with E-state index in [4.69, 9.17) is 0 Å². The van der Waals surface area contributed by atoms with Crippen molar-refractivity contribution >= 4 is 15.9 Å². The van der Waals surface area contributed by atoms with Gasteiger partial charge in [-0.05, 0) is 31.9 Å². The molecule has 0 aliphatic heterocycles. The maximum absolute atomic E-state index is 4.61. The molecule has 2 nitrogen and oxygen atoms in total. The van der Waals surface area contributed by atoms with E-state index < -0.39 is 0 Å². The van der Waals surface area contributed by atoms with Gasteiger partial charge in [-0.2, -0.15) is 0 Å². The maximum atomic E-state index is 4.61. The number of hydrogen-bond donors (Lipinski definition) is 0. The molecule has 0 radical (unpaired) electrons. The van der Waals surface area contributed by atoms with Crippen molar-refractivity contribution in [3.63, 3.8) is 0 Å². The van der Waals surface area contributed by atoms with Crippen LogP contribution in [0.25, 0.3) is 0 Å². The lowest BCUT2D eigenvalue weighted by atomic mass is 10.2. The van der Waals surface area contributed by atoms with Crippen LogP contribution in [0.2, 0.25) is 0 Å². The largest absolute Gasteiger partial charge is 0.294 e. The molecular formula is C14H21BrN2. The average Bonchev–Trinajstić information content (AvgIpc) is 2.82. The standard InChI is InChI=1S/C14H21BrN2/c1-12-5-4-6-13(16-12)11-17(10-9-15)14-7-2-3-8-14/h4-6,14H,2-3,7-11H2,1H3. The van der Waals surface area contributed by atoms with Crippen LogP contribution in [-0.2, 0) is 6.54 Å². The third kappa shape index (κ3) is 3.78. The van der Waals surface area contributed by atoms with Crippen LogP contribution < -0.4 is 0 Å². The van der Waals surface area contributed by atoms with Gasteiger partial charge in [0, 0.05) is 30.2 Å². The molecule has 1 heterocycles. The van der Waals surface area contributed by atoms with Crippen LogP contribution in [0.4, 0.5) is 0 Å². The zero-order valence-electron chi connectivity index (χ0n) is 10.5. The van der Waals surface area contributed by atoms with Gasteiger partial charge in [-0.1, -0.05) is 34.8 Å². The van der Waals surface area contributed by atoms with Crippen LogP contribution >= 0.6 is 15.9 Å². The van der Waals surface area contributed by atoms with Crippen molar-refractivity contribution in [3.8, 4) is 0 Å². The minimum absolute atomic E-state index is 0.773. The number of pyridine rings is 1. The molecule has 0 spiro atoms. The molecule has 1 aliphatic carbocycles. The van der Waals surface area contributed by atoms with E-state index in [2.05, 4.69) is 50.9 Å². The SMILES string of the molecule is Cc1cccc(CN(CCBr)C2CCCC2)n1. The fraction of sp³-hybridized carbons (Fsp3) is 0.643. The lowest BCUT2D eigenvalue weighted by Gasteiger charge is -2.27. The summed E-state index contributed by atoms with van der Waals surface area (Å²) in [6, 6.07) is 7.09. The second kappa shape index (κ2) is 6.50. The Hall–Kier alpha value is -0.410. The van der Waals surface area contributed by atoms with Crippen LogP contribution in [-0.4, -0.2) is 27.8 Å². The van der Waals surface area contributed by atoms with Crippen molar-refractivity contribution in [1.29, 1.82) is 0 Å². The first-order valence-electron chi connectivity index (χ1n) is 6.52. The number of aryl methyl sites for hydroxylation is 1. The molecule has 0 atom stereocenters. The second-order valence-electron chi connectivity index (χ2n) is 4.87. The lowest BCUT2D eigenvalue weighted by molar-refractivity contribution is 0.200. The molecule has 17 heavy (non-hydrogen) atoms. The van der Waals surface area contributed by atoms with E-state index in [-0.39, 0.29) is 0 Å². The molecule has 1 fully saturated rings. The van der Waals surface area contributed by atoms with Gasteiger partial charge in [-0.15, -0.1) is 0 Å². The Morgan fingerprint density at radius 3 is 2.76 bits per heavy atom. The Morgan fingerprint density at radius 2 is 2.12 bits per heavy atom. The number of rotatable bonds is 5. The highest BCUT2D eigenvalue weighted by Crippen LogP contribution is 2.24. The fourth-order valence-corrected chi connectivity index (χ4v) is 3.12. The zero-order chi connectivity index (χ0) is 12.1. The quantitative estimate of drug-likeness (QED) is 0.773. The Kier molecular flexibility index (Phi) is 4.99. The maximum Gasteiger partial charge on any atom is 0.0547 e. The zero-order valence-corrected chi connectivity index (χ0v) is 12.1. The number of alkyl halides is 1. The van der Waals surface area contributed by atoms with Gasteiger partial charge in [-0.25, -0.2) is 0 Å². The first-order valence-corrected chi connectivity index (χ1v) is 7.64. The minimum atomic E-state index is 0.773. The first kappa shape index (κ1) is 13.0. The van der Waals surface area contributed by atoms with Gasteiger partial charge >= 0.3 is 0 Å². The molecular weight excluding hydrogens is 276 g/mol. The Bertz CT molecular complexity index is 348. The van der Waals surface area contributed by atoms with Gasteiger partial charge in [-0.3, -0.25) is 9.88 Å². The van der Waals surface area contributed by atoms with E-state index in [0.29, 0.717) is 0 Å². The summed E-state index contributed by atoms with van der Waals surface area (Å²) in [5.41, 5.74) is 2.32. The average molecular weight is 297 g/mol. The molecule has 0 amide bonds. The summed E-state index contributed by atoms with van der Waals surface area (Å²) in [5, 5.41) is 1.05. The number of nitrogens with zero attached hydrogens (tertiary/aromatic N) is 2. The van der Waals surface area contributed by atoms with Gasteiger partial charge in [0.05, 0.1) is 5.69 Å². The molecule has 0 bridgehead atoms. The Morgan fingerprint density at radius 1 is 1.35 bits per heavy atom. The highest BCUT2D eigenvalue weighted by Gasteiger charge is 2.22. The van der Waals surface area contributed by atoms with E-state index in [1.807, 2.05) is 0 Å². The van der Waals surface area contributed by atoms with E-state index in [0.717, 1.165) is 30.2 Å². The van der Waals surface area contributed by atoms with Crippen molar-refractivity contribution in [2.45, 2.75) is 45.2 Å². The first-order chi connectivity index (χ1) is 8.29. The van der Waals surface area contributed by atoms with Gasteiger partial charge in [0.2, 0.25) is 0 Å². The highest BCUT2D eigenvalue weighted by atomic mass is 79.9. The summed E-state index contributed by atoms with van der Waals surface area (Å²) >= 11 is 3.56. The molecule has 1 aliphatic rings. The smallest absolute Gasteiger partial charge is 0.0547 e. The van der Waals surface area contributed by atoms with Crippen molar-refractivity contribution in [2.24, 2.45) is 0 Å². The normalized spacial score (nSPS) is 16.9. The topological polar surface area (TPSA) is 16.1 Å². The van der Waals surface area contributed by atoms with Gasteiger partial charge in [0.1, 0.15) is 0 Å². The molecule has 2 rings (SSSR count). The monoisotopic (exact) mass is 296 g/mol. The number of halogens is 1. The minimum Gasteiger partial charge on any atom is -0.294 e. The van der Waals surface area contributed by atoms with Crippen molar-refractivity contribution in [2.75, 3.05) is 11.9 Å². The number of hydrogen-bond acceptors (Lipinski definition) is 2. The summed E-state index contributed by atoms with van der Waals surface area (Å²) in [6.07, 6.45) is 5.51. The van der Waals surface area contributed by atoms with Crippen molar-refractivity contribution in [3.05, 3.63) is 29.6 Å². The van der Waals surface area contributed by atoms with Gasteiger partial charge < -0.3 is 0 Å². The third-order valence-electron chi connectivity index (χ3n) is 3.52.